The predicted molar refractivity (Wildman–Crippen MR) is 36.0 cm³/mol. The molecular weight excluding hydrogens is 245 g/mol. The Morgan fingerprint density at radius 3 is 1.71 bits per heavy atom. The summed E-state index contributed by atoms with van der Waals surface area (Å²) in [6.07, 6.45) is -1.33. The second-order valence-electron chi connectivity index (χ2n) is 1.90. The van der Waals surface area contributed by atoms with Gasteiger partial charge in [-0.3, -0.25) is 4.55 Å². The minimum Gasteiger partial charge on any atom is -0.550 e. The Balaban J connectivity index is -0.000000605. The van der Waals surface area contributed by atoms with E-state index in [1.807, 2.05) is 0 Å². The van der Waals surface area contributed by atoms with Crippen molar-refractivity contribution in [2.24, 2.45) is 0 Å². The first kappa shape index (κ1) is 19.9. The van der Waals surface area contributed by atoms with Gasteiger partial charge >= 0.3 is 51.4 Å². The number of quaternary nitrogens is 1. The standard InChI is InChI=1S/C4H6O7S.K.H3N/c5-3(6)1-2(4(7)8)12(9,10)11;;/h2H,1H2,(H,5,6)(H,7,8)(H,9,10,11);;1H3/q;+1;/p-1. The van der Waals surface area contributed by atoms with Crippen LogP contribution in [0, 0.1) is 0 Å². The van der Waals surface area contributed by atoms with Gasteiger partial charge in [0.15, 0.2) is 0 Å². The first-order valence-corrected chi connectivity index (χ1v) is 4.12. The number of carbonyl (C=O) groups is 2. The van der Waals surface area contributed by atoms with E-state index in [-0.39, 0.29) is 57.5 Å². The summed E-state index contributed by atoms with van der Waals surface area (Å²) in [5, 5.41) is 17.3. The average molecular weight is 253 g/mol. The van der Waals surface area contributed by atoms with Crippen LogP contribution in [-0.4, -0.2) is 30.2 Å². The third-order valence-electron chi connectivity index (χ3n) is 0.975. The molecule has 1 unspecified atom stereocenters. The summed E-state index contributed by atoms with van der Waals surface area (Å²) < 4.78 is 28.5. The summed E-state index contributed by atoms with van der Waals surface area (Å²) in [4.78, 5) is 19.7. The summed E-state index contributed by atoms with van der Waals surface area (Å²) >= 11 is 0. The van der Waals surface area contributed by atoms with Gasteiger partial charge in [-0.25, -0.2) is 0 Å². The molecule has 0 aliphatic heterocycles. The van der Waals surface area contributed by atoms with Gasteiger partial charge in [0.25, 0.3) is 10.1 Å². The van der Waals surface area contributed by atoms with Crippen molar-refractivity contribution in [2.45, 2.75) is 11.7 Å². The van der Waals surface area contributed by atoms with Crippen LogP contribution in [0.5, 0.6) is 0 Å². The summed E-state index contributed by atoms with van der Waals surface area (Å²) in [5.41, 5.74) is 0. The van der Waals surface area contributed by atoms with Gasteiger partial charge < -0.3 is 26.0 Å². The molecule has 0 aliphatic rings. The van der Waals surface area contributed by atoms with Crippen molar-refractivity contribution >= 4 is 22.1 Å². The fraction of sp³-hybridized carbons (Fsp3) is 0.500. The van der Waals surface area contributed by atoms with E-state index >= 15 is 0 Å². The number of hydrogen-bond donors (Lipinski definition) is 2. The Morgan fingerprint density at radius 2 is 1.64 bits per heavy atom. The summed E-state index contributed by atoms with van der Waals surface area (Å²) in [6, 6.07) is 0. The monoisotopic (exact) mass is 253 g/mol. The van der Waals surface area contributed by atoms with Crippen LogP contribution in [-0.2, 0) is 19.7 Å². The zero-order chi connectivity index (χ0) is 9.94. The van der Waals surface area contributed by atoms with E-state index in [2.05, 4.69) is 0 Å². The van der Waals surface area contributed by atoms with Gasteiger partial charge in [0.1, 0.15) is 5.25 Å². The molecule has 0 rings (SSSR count). The zero-order valence-electron chi connectivity index (χ0n) is 7.59. The Kier molecular flexibility index (Phi) is 11.0. The fourth-order valence-electron chi connectivity index (χ4n) is 0.462. The van der Waals surface area contributed by atoms with E-state index in [1.165, 1.54) is 0 Å². The maximum absolute atomic E-state index is 10.2. The van der Waals surface area contributed by atoms with Gasteiger partial charge in [0.2, 0.25) is 0 Å². The summed E-state index contributed by atoms with van der Waals surface area (Å²) in [6.45, 7) is 0. The molecule has 0 saturated carbocycles. The summed E-state index contributed by atoms with van der Waals surface area (Å²) in [7, 11) is -4.94. The van der Waals surface area contributed by atoms with Gasteiger partial charge in [-0.05, 0) is 0 Å². The molecule has 0 heterocycles. The van der Waals surface area contributed by atoms with Crippen molar-refractivity contribution in [3.05, 3.63) is 0 Å². The normalized spacial score (nSPS) is 11.8. The van der Waals surface area contributed by atoms with E-state index in [0.29, 0.717) is 0 Å². The Morgan fingerprint density at radius 1 is 1.29 bits per heavy atom. The minimum absolute atomic E-state index is 0. The average Bonchev–Trinajstić information content (AvgIpc) is 1.79. The second-order valence-corrected chi connectivity index (χ2v) is 3.50. The van der Waals surface area contributed by atoms with E-state index in [9.17, 15) is 28.2 Å². The SMILES string of the molecule is O=C([O-])CC(C(=O)[O-])S(=O)(=O)O.[K+].[NH4+]. The largest absolute Gasteiger partial charge is 1.00 e. The number of hydrogen-bond acceptors (Lipinski definition) is 6. The van der Waals surface area contributed by atoms with Crippen LogP contribution in [0.1, 0.15) is 6.42 Å². The van der Waals surface area contributed by atoms with Crippen LogP contribution >= 0.6 is 0 Å². The number of carboxylic acids is 2. The molecule has 0 radical (unpaired) electrons. The molecule has 0 aromatic rings. The first-order chi connectivity index (χ1) is 5.25. The molecule has 0 bridgehead atoms. The van der Waals surface area contributed by atoms with E-state index < -0.39 is 33.7 Å². The molecular formula is C4H8KNO7S. The van der Waals surface area contributed by atoms with Crippen LogP contribution in [0.4, 0.5) is 0 Å². The van der Waals surface area contributed by atoms with Crippen molar-refractivity contribution < 1.29 is 84.2 Å². The molecule has 10 heteroatoms. The van der Waals surface area contributed by atoms with Gasteiger partial charge in [0, 0.05) is 12.4 Å². The van der Waals surface area contributed by atoms with Gasteiger partial charge in [-0.15, -0.1) is 0 Å². The van der Waals surface area contributed by atoms with Gasteiger partial charge in [-0.1, -0.05) is 0 Å². The molecule has 0 aromatic heterocycles. The van der Waals surface area contributed by atoms with Crippen molar-refractivity contribution in [3.63, 3.8) is 0 Å². The van der Waals surface area contributed by atoms with Crippen molar-refractivity contribution in [1.29, 1.82) is 0 Å². The molecule has 78 valence electrons. The summed E-state index contributed by atoms with van der Waals surface area (Å²) in [5.74, 6) is -4.08. The molecule has 8 nitrogen and oxygen atoms in total. The van der Waals surface area contributed by atoms with Gasteiger partial charge in [-0.2, -0.15) is 8.42 Å². The fourth-order valence-corrected chi connectivity index (χ4v) is 1.05. The minimum atomic E-state index is -4.94. The maximum Gasteiger partial charge on any atom is 1.00 e. The number of carbonyl (C=O) groups excluding carboxylic acids is 2. The third-order valence-corrected chi connectivity index (χ3v) is 2.05. The van der Waals surface area contributed by atoms with Crippen molar-refractivity contribution in [1.82, 2.24) is 6.15 Å². The topological polar surface area (TPSA) is 171 Å². The molecule has 5 N–H and O–H groups in total. The Labute approximate surface area is 122 Å². The molecule has 0 aliphatic carbocycles. The number of rotatable bonds is 4. The van der Waals surface area contributed by atoms with Crippen LogP contribution < -0.4 is 67.7 Å². The first-order valence-electron chi connectivity index (χ1n) is 2.62. The van der Waals surface area contributed by atoms with E-state index in [4.69, 9.17) is 4.55 Å². The maximum atomic E-state index is 10.2. The molecule has 14 heavy (non-hydrogen) atoms. The molecule has 0 amide bonds. The Hall–Kier alpha value is 0.446. The molecule has 0 saturated heterocycles. The second kappa shape index (κ2) is 7.70. The van der Waals surface area contributed by atoms with Gasteiger partial charge in [0.05, 0.1) is 5.97 Å². The van der Waals surface area contributed by atoms with E-state index in [0.717, 1.165) is 0 Å². The van der Waals surface area contributed by atoms with Crippen molar-refractivity contribution in [2.75, 3.05) is 0 Å². The van der Waals surface area contributed by atoms with Crippen LogP contribution in [0.15, 0.2) is 0 Å². The molecule has 0 aromatic carbocycles. The van der Waals surface area contributed by atoms with Crippen LogP contribution in [0.3, 0.4) is 0 Å². The quantitative estimate of drug-likeness (QED) is 0.370. The number of carboxylic acid groups (broad SMARTS) is 2. The third kappa shape index (κ3) is 7.81. The molecule has 0 fully saturated rings. The predicted octanol–water partition coefficient (Wildman–Crippen LogP) is -6.49. The zero-order valence-corrected chi connectivity index (χ0v) is 11.5. The smallest absolute Gasteiger partial charge is 0.550 e. The van der Waals surface area contributed by atoms with E-state index in [1.54, 1.807) is 0 Å². The van der Waals surface area contributed by atoms with Crippen LogP contribution in [0.2, 0.25) is 0 Å². The Bertz CT molecular complexity index is 299. The van der Waals surface area contributed by atoms with Crippen LogP contribution in [0.25, 0.3) is 0 Å². The number of aliphatic carboxylic acids is 2. The molecule has 0 spiro atoms. The van der Waals surface area contributed by atoms with Crippen molar-refractivity contribution in [3.8, 4) is 0 Å². The molecule has 1 atom stereocenters.